The first kappa shape index (κ1) is 13.9. The van der Waals surface area contributed by atoms with Gasteiger partial charge in [-0.05, 0) is 20.4 Å². The number of ketones is 1. The lowest BCUT2D eigenvalue weighted by Crippen LogP contribution is -2.41. The minimum absolute atomic E-state index is 0.122. The molecule has 17 heavy (non-hydrogen) atoms. The Balaban J connectivity index is 2.77. The third-order valence-corrected chi connectivity index (χ3v) is 2.83. The van der Waals surface area contributed by atoms with E-state index in [2.05, 4.69) is 0 Å². The van der Waals surface area contributed by atoms with Crippen LogP contribution < -0.4 is 0 Å². The Morgan fingerprint density at radius 1 is 1.35 bits per heavy atom. The van der Waals surface area contributed by atoms with Crippen LogP contribution in [0.1, 0.15) is 30.6 Å². The first-order chi connectivity index (χ1) is 8.06. The lowest BCUT2D eigenvalue weighted by molar-refractivity contribution is 0.0756. The molecule has 3 nitrogen and oxygen atoms in total. The molecular weight excluding hydrogens is 214 g/mol. The average molecular weight is 235 g/mol. The Morgan fingerprint density at radius 2 is 1.94 bits per heavy atom. The van der Waals surface area contributed by atoms with Gasteiger partial charge in [0.25, 0.3) is 0 Å². The molecule has 94 valence electrons. The van der Waals surface area contributed by atoms with Gasteiger partial charge >= 0.3 is 0 Å². The molecule has 0 aliphatic carbocycles. The van der Waals surface area contributed by atoms with Gasteiger partial charge in [-0.25, -0.2) is 0 Å². The Bertz CT molecular complexity index is 348. The third-order valence-electron chi connectivity index (χ3n) is 2.83. The molecule has 1 rings (SSSR count). The average Bonchev–Trinajstić information content (AvgIpc) is 2.30. The topological polar surface area (TPSA) is 40.5 Å². The van der Waals surface area contributed by atoms with Crippen LogP contribution in [-0.4, -0.2) is 41.5 Å². The first-order valence-electron chi connectivity index (χ1n) is 6.03. The predicted molar refractivity (Wildman–Crippen MR) is 69.2 cm³/mol. The number of carbonyl (C=O) groups excluding carboxylic acids is 1. The van der Waals surface area contributed by atoms with E-state index >= 15 is 0 Å². The summed E-state index contributed by atoms with van der Waals surface area (Å²) in [7, 11) is 1.88. The van der Waals surface area contributed by atoms with Gasteiger partial charge in [0.05, 0.1) is 12.1 Å². The van der Waals surface area contributed by atoms with E-state index in [1.165, 1.54) is 0 Å². The molecule has 0 spiro atoms. The number of rotatable bonds is 6. The summed E-state index contributed by atoms with van der Waals surface area (Å²) in [5.74, 6) is 0.122. The van der Waals surface area contributed by atoms with Crippen molar-refractivity contribution in [3.05, 3.63) is 35.9 Å². The van der Waals surface area contributed by atoms with Gasteiger partial charge in [0.15, 0.2) is 5.78 Å². The van der Waals surface area contributed by atoms with Crippen molar-refractivity contribution in [1.82, 2.24) is 4.90 Å². The van der Waals surface area contributed by atoms with Crippen molar-refractivity contribution in [2.45, 2.75) is 32.4 Å². The highest BCUT2D eigenvalue weighted by atomic mass is 16.3. The van der Waals surface area contributed by atoms with E-state index in [1.54, 1.807) is 6.92 Å². The van der Waals surface area contributed by atoms with Crippen LogP contribution in [0.25, 0.3) is 0 Å². The quantitative estimate of drug-likeness (QED) is 0.766. The maximum absolute atomic E-state index is 12.3. The first-order valence-corrected chi connectivity index (χ1v) is 6.03. The van der Waals surface area contributed by atoms with E-state index in [-0.39, 0.29) is 11.8 Å². The van der Waals surface area contributed by atoms with Gasteiger partial charge < -0.3 is 5.11 Å². The van der Waals surface area contributed by atoms with Crippen molar-refractivity contribution in [3.63, 3.8) is 0 Å². The number of benzene rings is 1. The van der Waals surface area contributed by atoms with Gasteiger partial charge in [-0.3, -0.25) is 9.69 Å². The highest BCUT2D eigenvalue weighted by Gasteiger charge is 2.22. The summed E-state index contributed by atoms with van der Waals surface area (Å²) in [4.78, 5) is 14.2. The van der Waals surface area contributed by atoms with Gasteiger partial charge in [-0.2, -0.15) is 0 Å². The second kappa shape index (κ2) is 6.52. The van der Waals surface area contributed by atoms with Gasteiger partial charge in [0.1, 0.15) is 0 Å². The zero-order chi connectivity index (χ0) is 12.8. The predicted octanol–water partition coefficient (Wildman–Crippen LogP) is 1.96. The number of hydrogen-bond donors (Lipinski definition) is 1. The second-order valence-electron chi connectivity index (χ2n) is 4.44. The fourth-order valence-corrected chi connectivity index (χ4v) is 2.04. The minimum atomic E-state index is -0.419. The maximum atomic E-state index is 12.3. The fourth-order valence-electron chi connectivity index (χ4n) is 2.04. The summed E-state index contributed by atoms with van der Waals surface area (Å²) < 4.78 is 0. The molecule has 0 aliphatic rings. The molecule has 3 heteroatoms. The molecule has 2 unspecified atom stereocenters. The monoisotopic (exact) mass is 235 g/mol. The number of Topliss-reactive ketones (excluding diaryl/α,β-unsaturated/α-hetero) is 1. The van der Waals surface area contributed by atoms with E-state index in [0.29, 0.717) is 6.54 Å². The molecule has 2 atom stereocenters. The number of likely N-dealkylation sites (N-methyl/N-ethyl adjacent to an activating group) is 1. The second-order valence-corrected chi connectivity index (χ2v) is 4.44. The van der Waals surface area contributed by atoms with E-state index in [4.69, 9.17) is 0 Å². The summed E-state index contributed by atoms with van der Waals surface area (Å²) in [6.07, 6.45) is 0.328. The molecule has 0 heterocycles. The minimum Gasteiger partial charge on any atom is -0.392 e. The van der Waals surface area contributed by atoms with Crippen LogP contribution in [0.4, 0.5) is 0 Å². The lowest BCUT2D eigenvalue weighted by atomic mass is 10.0. The molecule has 0 aromatic heterocycles. The lowest BCUT2D eigenvalue weighted by Gasteiger charge is -2.27. The standard InChI is InChI=1S/C14H21NO2/c1-4-13(15(3)10-11(2)16)14(17)12-8-6-5-7-9-12/h5-9,11,13,16H,4,10H2,1-3H3. The van der Waals surface area contributed by atoms with Gasteiger partial charge in [0.2, 0.25) is 0 Å². The normalized spacial score (nSPS) is 14.6. The van der Waals surface area contributed by atoms with Gasteiger partial charge in [0, 0.05) is 12.1 Å². The fraction of sp³-hybridized carbons (Fsp3) is 0.500. The van der Waals surface area contributed by atoms with Crippen molar-refractivity contribution >= 4 is 5.78 Å². The molecule has 0 aliphatic heterocycles. The number of carbonyl (C=O) groups is 1. The molecule has 0 amide bonds. The van der Waals surface area contributed by atoms with Crippen LogP contribution in [0, 0.1) is 0 Å². The summed E-state index contributed by atoms with van der Waals surface area (Å²) in [6, 6.07) is 9.15. The van der Waals surface area contributed by atoms with Crippen LogP contribution in [0.3, 0.4) is 0 Å². The Kier molecular flexibility index (Phi) is 5.32. The van der Waals surface area contributed by atoms with E-state index in [9.17, 15) is 9.90 Å². The van der Waals surface area contributed by atoms with Crippen molar-refractivity contribution in [2.24, 2.45) is 0 Å². The zero-order valence-corrected chi connectivity index (χ0v) is 10.8. The molecule has 1 aromatic rings. The Morgan fingerprint density at radius 3 is 2.41 bits per heavy atom. The summed E-state index contributed by atoms with van der Waals surface area (Å²) in [5, 5.41) is 9.37. The third kappa shape index (κ3) is 3.95. The van der Waals surface area contributed by atoms with Crippen molar-refractivity contribution < 1.29 is 9.90 Å². The highest BCUT2D eigenvalue weighted by molar-refractivity contribution is 6.00. The molecule has 0 saturated carbocycles. The molecule has 1 aromatic carbocycles. The largest absolute Gasteiger partial charge is 0.392 e. The van der Waals surface area contributed by atoms with Crippen LogP contribution >= 0.6 is 0 Å². The van der Waals surface area contributed by atoms with E-state index < -0.39 is 6.10 Å². The van der Waals surface area contributed by atoms with Crippen LogP contribution in [0.5, 0.6) is 0 Å². The molecular formula is C14H21NO2. The van der Waals surface area contributed by atoms with Gasteiger partial charge in [-0.15, -0.1) is 0 Å². The van der Waals surface area contributed by atoms with Crippen molar-refractivity contribution in [3.8, 4) is 0 Å². The molecule has 0 bridgehead atoms. The van der Waals surface area contributed by atoms with Crippen molar-refractivity contribution in [1.29, 1.82) is 0 Å². The van der Waals surface area contributed by atoms with Crippen molar-refractivity contribution in [2.75, 3.05) is 13.6 Å². The highest BCUT2D eigenvalue weighted by Crippen LogP contribution is 2.11. The molecule has 0 fully saturated rings. The maximum Gasteiger partial charge on any atom is 0.179 e. The van der Waals surface area contributed by atoms with E-state index in [0.717, 1.165) is 12.0 Å². The van der Waals surface area contributed by atoms with E-state index in [1.807, 2.05) is 49.2 Å². The zero-order valence-electron chi connectivity index (χ0n) is 10.8. The molecule has 0 saturated heterocycles. The Hall–Kier alpha value is -1.19. The number of hydrogen-bond acceptors (Lipinski definition) is 3. The van der Waals surface area contributed by atoms with Gasteiger partial charge in [-0.1, -0.05) is 37.3 Å². The smallest absolute Gasteiger partial charge is 0.179 e. The number of aliphatic hydroxyl groups is 1. The summed E-state index contributed by atoms with van der Waals surface area (Å²) >= 11 is 0. The molecule has 0 radical (unpaired) electrons. The van der Waals surface area contributed by atoms with Crippen LogP contribution in [0.2, 0.25) is 0 Å². The SMILES string of the molecule is CCC(C(=O)c1ccccc1)N(C)CC(C)O. The number of aliphatic hydroxyl groups excluding tert-OH is 1. The van der Waals surface area contributed by atoms with Crippen LogP contribution in [-0.2, 0) is 0 Å². The summed E-state index contributed by atoms with van der Waals surface area (Å²) in [5.41, 5.74) is 0.733. The number of nitrogens with zero attached hydrogens (tertiary/aromatic N) is 1. The Labute approximate surface area is 103 Å². The summed E-state index contributed by atoms with van der Waals surface area (Å²) in [6.45, 7) is 4.23. The van der Waals surface area contributed by atoms with Crippen LogP contribution in [0.15, 0.2) is 30.3 Å². The molecule has 1 N–H and O–H groups in total.